The van der Waals surface area contributed by atoms with Gasteiger partial charge in [0.25, 0.3) is 0 Å². The molecule has 1 aliphatic carbocycles. The van der Waals surface area contributed by atoms with E-state index >= 15 is 0 Å². The largest absolute Gasteiger partial charge is 0.484 e. The maximum Gasteiger partial charge on any atom is 0.311 e. The molecular weight excluding hydrogens is 268 g/mol. The molecule has 116 valence electrons. The van der Waals surface area contributed by atoms with E-state index in [0.717, 1.165) is 31.2 Å². The molecule has 1 fully saturated rings. The third-order valence-corrected chi connectivity index (χ3v) is 3.78. The molecule has 0 heterocycles. The summed E-state index contributed by atoms with van der Waals surface area (Å²) in [5.41, 5.74) is 0.982. The minimum Gasteiger partial charge on any atom is -0.484 e. The molecule has 1 N–H and O–H groups in total. The van der Waals surface area contributed by atoms with Gasteiger partial charge in [-0.2, -0.15) is 0 Å². The Kier molecular flexibility index (Phi) is 5.56. The van der Waals surface area contributed by atoms with Crippen LogP contribution in [0.3, 0.4) is 0 Å². The first-order valence-electron chi connectivity index (χ1n) is 7.73. The number of nitro benzene ring substituents is 1. The van der Waals surface area contributed by atoms with Gasteiger partial charge in [0.1, 0.15) is 0 Å². The lowest BCUT2D eigenvalue weighted by Crippen LogP contribution is -2.22. The Hall–Kier alpha value is -1.62. The zero-order valence-corrected chi connectivity index (χ0v) is 12.8. The number of hydrogen-bond acceptors (Lipinski definition) is 4. The van der Waals surface area contributed by atoms with Crippen molar-refractivity contribution in [3.8, 4) is 5.75 Å². The third-order valence-electron chi connectivity index (χ3n) is 3.78. The van der Waals surface area contributed by atoms with E-state index in [4.69, 9.17) is 4.74 Å². The second-order valence-electron chi connectivity index (χ2n) is 5.97. The summed E-state index contributed by atoms with van der Waals surface area (Å²) in [4.78, 5) is 10.9. The van der Waals surface area contributed by atoms with Gasteiger partial charge in [-0.3, -0.25) is 10.1 Å². The van der Waals surface area contributed by atoms with Crippen molar-refractivity contribution in [2.45, 2.75) is 64.6 Å². The van der Waals surface area contributed by atoms with Crippen molar-refractivity contribution in [1.82, 2.24) is 5.32 Å². The van der Waals surface area contributed by atoms with Crippen molar-refractivity contribution in [1.29, 1.82) is 0 Å². The average molecular weight is 292 g/mol. The Bertz CT molecular complexity index is 482. The summed E-state index contributed by atoms with van der Waals surface area (Å²) in [6.45, 7) is 4.73. The fourth-order valence-corrected chi connectivity index (χ4v) is 2.60. The van der Waals surface area contributed by atoms with Crippen LogP contribution >= 0.6 is 0 Å². The summed E-state index contributed by atoms with van der Waals surface area (Å²) in [5, 5.41) is 14.5. The summed E-state index contributed by atoms with van der Waals surface area (Å²) in [6, 6.07) is 5.61. The Morgan fingerprint density at radius 2 is 2.05 bits per heavy atom. The van der Waals surface area contributed by atoms with Crippen LogP contribution in [0.5, 0.6) is 5.75 Å². The lowest BCUT2D eigenvalue weighted by molar-refractivity contribution is -0.386. The van der Waals surface area contributed by atoms with Gasteiger partial charge in [-0.1, -0.05) is 26.3 Å². The molecule has 0 aliphatic heterocycles. The summed E-state index contributed by atoms with van der Waals surface area (Å²) in [7, 11) is 0. The van der Waals surface area contributed by atoms with E-state index in [2.05, 4.69) is 19.2 Å². The molecule has 0 radical (unpaired) electrons. The molecule has 0 spiro atoms. The first-order valence-corrected chi connectivity index (χ1v) is 7.73. The van der Waals surface area contributed by atoms with E-state index in [0.29, 0.717) is 18.3 Å². The molecule has 5 nitrogen and oxygen atoms in total. The second-order valence-corrected chi connectivity index (χ2v) is 5.97. The van der Waals surface area contributed by atoms with Crippen LogP contribution < -0.4 is 10.1 Å². The Morgan fingerprint density at radius 3 is 2.67 bits per heavy atom. The molecule has 0 unspecified atom stereocenters. The molecule has 1 aromatic rings. The van der Waals surface area contributed by atoms with E-state index in [-0.39, 0.29) is 16.7 Å². The molecular formula is C16H24N2O3. The Morgan fingerprint density at radius 1 is 1.33 bits per heavy atom. The lowest BCUT2D eigenvalue weighted by atomic mass is 9.98. The molecule has 0 atom stereocenters. The maximum absolute atomic E-state index is 11.3. The fraction of sp³-hybridized carbons (Fsp3) is 0.625. The van der Waals surface area contributed by atoms with Crippen LogP contribution in [0.25, 0.3) is 0 Å². The summed E-state index contributed by atoms with van der Waals surface area (Å²) >= 11 is 0. The summed E-state index contributed by atoms with van der Waals surface area (Å²) < 4.78 is 5.87. The SMILES string of the molecule is CC(C)NCc1ccc(OC2CCCCC2)c([N+](=O)[O-])c1. The fourth-order valence-electron chi connectivity index (χ4n) is 2.60. The van der Waals surface area contributed by atoms with Crippen molar-refractivity contribution in [2.24, 2.45) is 0 Å². The van der Waals surface area contributed by atoms with Crippen LogP contribution in [0.2, 0.25) is 0 Å². The number of nitrogens with zero attached hydrogens (tertiary/aromatic N) is 1. The van der Waals surface area contributed by atoms with Gasteiger partial charge >= 0.3 is 5.69 Å². The minimum absolute atomic E-state index is 0.0728. The minimum atomic E-state index is -0.350. The van der Waals surface area contributed by atoms with Gasteiger partial charge in [0.15, 0.2) is 5.75 Å². The summed E-state index contributed by atoms with van der Waals surface area (Å²) in [6.07, 6.45) is 5.64. The Labute approximate surface area is 125 Å². The number of nitrogens with one attached hydrogen (secondary N) is 1. The highest BCUT2D eigenvalue weighted by Crippen LogP contribution is 2.31. The monoisotopic (exact) mass is 292 g/mol. The van der Waals surface area contributed by atoms with E-state index in [1.54, 1.807) is 12.1 Å². The zero-order chi connectivity index (χ0) is 15.2. The van der Waals surface area contributed by atoms with Crippen LogP contribution in [-0.2, 0) is 6.54 Å². The first kappa shape index (κ1) is 15.8. The van der Waals surface area contributed by atoms with Gasteiger partial charge in [-0.15, -0.1) is 0 Å². The van der Waals surface area contributed by atoms with Crippen molar-refractivity contribution < 1.29 is 9.66 Å². The van der Waals surface area contributed by atoms with E-state index in [1.165, 1.54) is 6.42 Å². The first-order chi connectivity index (χ1) is 10.1. The Balaban J connectivity index is 2.10. The number of rotatable bonds is 6. The van der Waals surface area contributed by atoms with Gasteiger partial charge in [-0.25, -0.2) is 0 Å². The standard InChI is InChI=1S/C16H24N2O3/c1-12(2)17-11-13-8-9-16(15(10-13)18(19)20)21-14-6-4-3-5-7-14/h8-10,12,14,17H,3-7,11H2,1-2H3. The highest BCUT2D eigenvalue weighted by Gasteiger charge is 2.21. The van der Waals surface area contributed by atoms with Crippen molar-refractivity contribution in [3.63, 3.8) is 0 Å². The lowest BCUT2D eigenvalue weighted by Gasteiger charge is -2.23. The predicted molar refractivity (Wildman–Crippen MR) is 82.6 cm³/mol. The molecule has 2 rings (SSSR count). The quantitative estimate of drug-likeness (QED) is 0.639. The predicted octanol–water partition coefficient (Wildman–Crippen LogP) is 3.80. The topological polar surface area (TPSA) is 64.4 Å². The van der Waals surface area contributed by atoms with Gasteiger partial charge in [0.2, 0.25) is 0 Å². The van der Waals surface area contributed by atoms with E-state index in [9.17, 15) is 10.1 Å². The normalized spacial score (nSPS) is 16.1. The van der Waals surface area contributed by atoms with Crippen LogP contribution in [0.1, 0.15) is 51.5 Å². The van der Waals surface area contributed by atoms with Crippen molar-refractivity contribution >= 4 is 5.69 Å². The molecule has 0 aromatic heterocycles. The molecule has 0 amide bonds. The molecule has 0 bridgehead atoms. The van der Waals surface area contributed by atoms with E-state index < -0.39 is 0 Å². The molecule has 1 saturated carbocycles. The van der Waals surface area contributed by atoms with Crippen LogP contribution in [0.15, 0.2) is 18.2 Å². The molecule has 21 heavy (non-hydrogen) atoms. The van der Waals surface area contributed by atoms with Crippen molar-refractivity contribution in [3.05, 3.63) is 33.9 Å². The van der Waals surface area contributed by atoms with Crippen LogP contribution in [0.4, 0.5) is 5.69 Å². The van der Waals surface area contributed by atoms with E-state index in [1.807, 2.05) is 6.07 Å². The number of ether oxygens (including phenoxy) is 1. The molecule has 5 heteroatoms. The third kappa shape index (κ3) is 4.70. The van der Waals surface area contributed by atoms with Crippen LogP contribution in [-0.4, -0.2) is 17.1 Å². The maximum atomic E-state index is 11.3. The molecule has 0 saturated heterocycles. The average Bonchev–Trinajstić information content (AvgIpc) is 2.47. The second kappa shape index (κ2) is 7.41. The molecule has 1 aromatic carbocycles. The van der Waals surface area contributed by atoms with Gasteiger partial charge in [-0.05, 0) is 37.3 Å². The highest BCUT2D eigenvalue weighted by molar-refractivity contribution is 5.48. The van der Waals surface area contributed by atoms with Gasteiger partial charge < -0.3 is 10.1 Å². The summed E-state index contributed by atoms with van der Waals surface area (Å²) in [5.74, 6) is 0.403. The van der Waals surface area contributed by atoms with Crippen molar-refractivity contribution in [2.75, 3.05) is 0 Å². The highest BCUT2D eigenvalue weighted by atomic mass is 16.6. The number of benzene rings is 1. The van der Waals surface area contributed by atoms with Gasteiger partial charge in [0, 0.05) is 18.7 Å². The van der Waals surface area contributed by atoms with Crippen LogP contribution in [0, 0.1) is 10.1 Å². The zero-order valence-electron chi connectivity index (χ0n) is 12.8. The number of nitro groups is 1. The smallest absolute Gasteiger partial charge is 0.311 e. The number of hydrogen-bond donors (Lipinski definition) is 1. The molecule has 1 aliphatic rings. The van der Waals surface area contributed by atoms with Gasteiger partial charge in [0.05, 0.1) is 11.0 Å².